The average molecular weight is 551 g/mol. The number of benzene rings is 3. The van der Waals surface area contributed by atoms with Gasteiger partial charge in [0.25, 0.3) is 5.91 Å². The van der Waals surface area contributed by atoms with Gasteiger partial charge in [0.2, 0.25) is 0 Å². The third-order valence-electron chi connectivity index (χ3n) is 7.57. The topological polar surface area (TPSA) is 99.8 Å². The minimum absolute atomic E-state index is 0.319. The number of anilines is 4. The molecule has 42 heavy (non-hydrogen) atoms. The number of carbonyl (C=O) groups is 1. The van der Waals surface area contributed by atoms with Crippen LogP contribution in [0.5, 0.6) is 0 Å². The van der Waals surface area contributed by atoms with Crippen molar-refractivity contribution in [2.24, 2.45) is 9.98 Å². The molecule has 0 fully saturated rings. The van der Waals surface area contributed by atoms with E-state index in [0.717, 1.165) is 62.1 Å². The van der Waals surface area contributed by atoms with Crippen LogP contribution in [0.2, 0.25) is 0 Å². The number of aliphatic imine (C=N–C) groups is 1. The maximum atomic E-state index is 12.4. The standard InChI is InChI=1S/C33H26N8O/c1-19-9-7-10-20(2)29(19)40-27(16-15-26-28-23(17-36-39-26)33(42)35-18-34-28)41(30-21(3)11-8-12-22(30)4)32-31(40)37-24-13-5-6-14-25(24)38-32/h5-18H,1-4H3/b26-15+. The molecule has 1 amide bonds. The number of hydrogen-bond donors (Lipinski definition) is 0. The monoisotopic (exact) mass is 550 g/mol. The molecule has 9 heteroatoms. The van der Waals surface area contributed by atoms with Crippen LogP contribution in [0.15, 0.2) is 88.7 Å². The van der Waals surface area contributed by atoms with E-state index in [4.69, 9.17) is 9.97 Å². The lowest BCUT2D eigenvalue weighted by molar-refractivity contribution is 0.1000. The van der Waals surface area contributed by atoms with Crippen LogP contribution in [0.25, 0.3) is 17.1 Å². The van der Waals surface area contributed by atoms with Gasteiger partial charge in [0.15, 0.2) is 11.6 Å². The van der Waals surface area contributed by atoms with Crippen LogP contribution in [0.4, 0.5) is 23.0 Å². The second-order valence-electron chi connectivity index (χ2n) is 10.4. The number of fused-ring (bicyclic) bond motifs is 3. The Hall–Kier alpha value is -5.57. The second kappa shape index (κ2) is 9.81. The van der Waals surface area contributed by atoms with E-state index in [2.05, 4.69) is 94.1 Å². The zero-order valence-electron chi connectivity index (χ0n) is 23.6. The Balaban J connectivity index is 1.59. The summed E-state index contributed by atoms with van der Waals surface area (Å²) in [5.74, 6) is 1.87. The number of hydrogen-bond acceptors (Lipinski definition) is 8. The van der Waals surface area contributed by atoms with Crippen LogP contribution < -0.4 is 20.5 Å². The van der Waals surface area contributed by atoms with E-state index >= 15 is 0 Å². The number of allylic oxidation sites excluding steroid dienone is 1. The van der Waals surface area contributed by atoms with Gasteiger partial charge in [-0.1, -0.05) is 48.5 Å². The predicted octanol–water partition coefficient (Wildman–Crippen LogP) is 5.07. The average Bonchev–Trinajstić information content (AvgIpc) is 3.27. The van der Waals surface area contributed by atoms with Crippen molar-refractivity contribution in [3.05, 3.63) is 117 Å². The van der Waals surface area contributed by atoms with Crippen molar-refractivity contribution in [1.29, 1.82) is 0 Å². The highest BCUT2D eigenvalue weighted by Gasteiger charge is 2.38. The zero-order valence-corrected chi connectivity index (χ0v) is 23.6. The maximum Gasteiger partial charge on any atom is 0.282 e. The molecule has 2 aromatic heterocycles. The first kappa shape index (κ1) is 25.4. The minimum atomic E-state index is -0.389. The van der Waals surface area contributed by atoms with Gasteiger partial charge in [-0.25, -0.2) is 15.0 Å². The van der Waals surface area contributed by atoms with Gasteiger partial charge >= 0.3 is 0 Å². The first-order chi connectivity index (χ1) is 20.4. The number of para-hydroxylation sites is 4. The van der Waals surface area contributed by atoms with Gasteiger partial charge in [0.1, 0.15) is 22.9 Å². The number of rotatable bonds is 3. The van der Waals surface area contributed by atoms with Crippen LogP contribution in [-0.4, -0.2) is 32.4 Å². The van der Waals surface area contributed by atoms with Crippen molar-refractivity contribution in [2.75, 3.05) is 9.80 Å². The fourth-order valence-electron chi connectivity index (χ4n) is 5.67. The Labute approximate surface area is 241 Å². The van der Waals surface area contributed by atoms with Gasteiger partial charge in [-0.15, -0.1) is 5.10 Å². The summed E-state index contributed by atoms with van der Waals surface area (Å²) in [6, 6.07) is 20.4. The molecule has 0 N–H and O–H groups in total. The smallest absolute Gasteiger partial charge is 0.276 e. The summed E-state index contributed by atoms with van der Waals surface area (Å²) in [5, 5.41) is 9.29. The van der Waals surface area contributed by atoms with Gasteiger partial charge < -0.3 is 0 Å². The molecule has 0 saturated heterocycles. The molecule has 5 aromatic rings. The third kappa shape index (κ3) is 3.97. The van der Waals surface area contributed by atoms with Gasteiger partial charge in [-0.3, -0.25) is 14.6 Å². The van der Waals surface area contributed by atoms with E-state index in [1.807, 2.05) is 36.4 Å². The molecule has 9 nitrogen and oxygen atoms in total. The van der Waals surface area contributed by atoms with Crippen molar-refractivity contribution in [2.45, 2.75) is 27.7 Å². The Morgan fingerprint density at radius 1 is 0.690 bits per heavy atom. The molecule has 204 valence electrons. The Morgan fingerprint density at radius 2 is 1.24 bits per heavy atom. The second-order valence-corrected chi connectivity index (χ2v) is 10.4. The van der Waals surface area contributed by atoms with Crippen molar-refractivity contribution >= 4 is 52.4 Å². The molecule has 0 radical (unpaired) electrons. The number of carbonyl (C=O) groups excluding carboxylic acids is 1. The van der Waals surface area contributed by atoms with E-state index in [9.17, 15) is 4.79 Å². The fourth-order valence-corrected chi connectivity index (χ4v) is 5.67. The molecule has 2 aliphatic heterocycles. The summed E-state index contributed by atoms with van der Waals surface area (Å²) in [6.45, 7) is 8.40. The van der Waals surface area contributed by atoms with Crippen molar-refractivity contribution < 1.29 is 4.79 Å². The van der Waals surface area contributed by atoms with E-state index in [1.165, 1.54) is 12.5 Å². The maximum absolute atomic E-state index is 12.4. The molecule has 4 heterocycles. The Morgan fingerprint density at radius 3 is 1.79 bits per heavy atom. The SMILES string of the molecule is Cc1cccc(C)c1N1C(=C/C=c2/nncc3c2=NC=NC3=O)N(c2c(C)cccc2C)c2nc3ccccc3nc21. The largest absolute Gasteiger partial charge is 0.282 e. The fraction of sp³-hybridized carbons (Fsp3) is 0.121. The lowest BCUT2D eigenvalue weighted by atomic mass is 10.1. The lowest BCUT2D eigenvalue weighted by Crippen LogP contribution is -2.36. The molecule has 0 spiro atoms. The van der Waals surface area contributed by atoms with Gasteiger partial charge in [-0.2, -0.15) is 10.1 Å². The highest BCUT2D eigenvalue weighted by atomic mass is 16.1. The molecule has 0 bridgehead atoms. The third-order valence-corrected chi connectivity index (χ3v) is 7.57. The number of aryl methyl sites for hydroxylation is 4. The predicted molar refractivity (Wildman–Crippen MR) is 164 cm³/mol. The quantitative estimate of drug-likeness (QED) is 0.309. The highest BCUT2D eigenvalue weighted by Crippen LogP contribution is 2.50. The van der Waals surface area contributed by atoms with Crippen LogP contribution in [0.3, 0.4) is 0 Å². The van der Waals surface area contributed by atoms with Gasteiger partial charge in [0.05, 0.1) is 34.2 Å². The summed E-state index contributed by atoms with van der Waals surface area (Å²) in [4.78, 5) is 35.2. The number of aromatic nitrogens is 4. The van der Waals surface area contributed by atoms with Crippen LogP contribution >= 0.6 is 0 Å². The summed E-state index contributed by atoms with van der Waals surface area (Å²) in [7, 11) is 0. The van der Waals surface area contributed by atoms with Crippen molar-refractivity contribution in [3.8, 4) is 0 Å². The lowest BCUT2D eigenvalue weighted by Gasteiger charge is -2.28. The van der Waals surface area contributed by atoms with Gasteiger partial charge in [-0.05, 0) is 74.2 Å². The molecule has 0 atom stereocenters. The molecular weight excluding hydrogens is 524 g/mol. The summed E-state index contributed by atoms with van der Waals surface area (Å²) in [6.07, 6.45) is 6.47. The molecular formula is C33H26N8O. The summed E-state index contributed by atoms with van der Waals surface area (Å²) >= 11 is 0. The molecule has 7 rings (SSSR count). The van der Waals surface area contributed by atoms with E-state index in [0.29, 0.717) is 16.3 Å². The molecule has 0 unspecified atom stereocenters. The molecule has 3 aromatic carbocycles. The number of amides is 1. The zero-order chi connectivity index (χ0) is 29.0. The molecule has 0 saturated carbocycles. The van der Waals surface area contributed by atoms with Crippen molar-refractivity contribution in [1.82, 2.24) is 20.2 Å². The van der Waals surface area contributed by atoms with E-state index < -0.39 is 0 Å². The first-order valence-corrected chi connectivity index (χ1v) is 13.6. The van der Waals surface area contributed by atoms with E-state index in [-0.39, 0.29) is 5.91 Å². The van der Waals surface area contributed by atoms with E-state index in [1.54, 1.807) is 0 Å². The Bertz CT molecular complexity index is 1990. The molecule has 0 aliphatic carbocycles. The van der Waals surface area contributed by atoms with Crippen molar-refractivity contribution in [3.63, 3.8) is 0 Å². The number of nitrogens with zero attached hydrogens (tertiary/aromatic N) is 8. The first-order valence-electron chi connectivity index (χ1n) is 13.6. The van der Waals surface area contributed by atoms with Crippen LogP contribution in [0.1, 0.15) is 32.6 Å². The Kier molecular flexibility index (Phi) is 5.93. The summed E-state index contributed by atoms with van der Waals surface area (Å²) < 4.78 is 0. The van der Waals surface area contributed by atoms with Crippen LogP contribution in [0, 0.1) is 27.7 Å². The normalized spacial score (nSPS) is 14.3. The van der Waals surface area contributed by atoms with Gasteiger partial charge in [0, 0.05) is 0 Å². The van der Waals surface area contributed by atoms with Crippen LogP contribution in [-0.2, 0) is 0 Å². The minimum Gasteiger partial charge on any atom is -0.276 e. The molecule has 2 aliphatic rings. The summed E-state index contributed by atoms with van der Waals surface area (Å²) in [5.41, 5.74) is 8.35. The highest BCUT2D eigenvalue weighted by molar-refractivity contribution is 6.00.